The van der Waals surface area contributed by atoms with Crippen molar-refractivity contribution in [1.29, 1.82) is 5.26 Å². The predicted molar refractivity (Wildman–Crippen MR) is 174 cm³/mol. The summed E-state index contributed by atoms with van der Waals surface area (Å²) in [5, 5.41) is 15.4. The Hall–Kier alpha value is -5.15. The van der Waals surface area contributed by atoms with E-state index in [1.54, 1.807) is 0 Å². The molecule has 0 saturated carbocycles. The molecule has 0 aliphatic heterocycles. The van der Waals surface area contributed by atoms with Crippen LogP contribution in [-0.4, -0.2) is 10.2 Å². The number of hydrogen-bond donors (Lipinski definition) is 1. The van der Waals surface area contributed by atoms with Gasteiger partial charge in [-0.05, 0) is 83.2 Å². The van der Waals surface area contributed by atoms with Gasteiger partial charge in [0.25, 0.3) is 0 Å². The van der Waals surface area contributed by atoms with E-state index in [-0.39, 0.29) is 17.2 Å². The van der Waals surface area contributed by atoms with Gasteiger partial charge < -0.3 is 9.15 Å². The molecule has 6 heteroatoms. The topological polar surface area (TPSA) is 91.9 Å². The molecule has 222 valence electrons. The Kier molecular flexibility index (Phi) is 9.56. The van der Waals surface area contributed by atoms with E-state index in [0.29, 0.717) is 12.2 Å². The quantitative estimate of drug-likeness (QED) is 0.169. The van der Waals surface area contributed by atoms with Crippen LogP contribution in [0.2, 0.25) is 0 Å². The van der Waals surface area contributed by atoms with Gasteiger partial charge in [0.2, 0.25) is 5.89 Å². The van der Waals surface area contributed by atoms with Gasteiger partial charge in [0.05, 0.1) is 11.6 Å². The van der Waals surface area contributed by atoms with Crippen molar-refractivity contribution in [2.45, 2.75) is 52.1 Å². The summed E-state index contributed by atoms with van der Waals surface area (Å²) in [7, 11) is 0. The molecule has 5 rings (SSSR count). The van der Waals surface area contributed by atoms with E-state index in [0.717, 1.165) is 41.7 Å². The molecule has 0 amide bonds. The molecule has 6 nitrogen and oxygen atoms in total. The Morgan fingerprint density at radius 2 is 1.59 bits per heavy atom. The van der Waals surface area contributed by atoms with Crippen molar-refractivity contribution in [2.75, 3.05) is 0 Å². The molecule has 0 radical (unpaired) electrons. The van der Waals surface area contributed by atoms with E-state index in [1.165, 1.54) is 16.7 Å². The van der Waals surface area contributed by atoms with Crippen LogP contribution in [0.1, 0.15) is 60.6 Å². The third-order valence-corrected chi connectivity index (χ3v) is 7.70. The zero-order valence-corrected chi connectivity index (χ0v) is 25.4. The summed E-state index contributed by atoms with van der Waals surface area (Å²) >= 11 is 0. The normalized spacial score (nSPS) is 12.2. The van der Waals surface area contributed by atoms with E-state index >= 15 is 0 Å². The highest BCUT2D eigenvalue weighted by Gasteiger charge is 2.13. The maximum atomic E-state index is 11.4. The lowest BCUT2D eigenvalue weighted by atomic mass is 9.87. The van der Waals surface area contributed by atoms with Crippen LogP contribution < -0.4 is 10.5 Å². The predicted octanol–water partition coefficient (Wildman–Crippen LogP) is 8.28. The highest BCUT2D eigenvalue weighted by molar-refractivity contribution is 5.57. The first-order valence-corrected chi connectivity index (χ1v) is 14.9. The number of ether oxygens (including phenoxy) is 1. The Labute approximate surface area is 258 Å². The summed E-state index contributed by atoms with van der Waals surface area (Å²) in [5.41, 5.74) is 7.37. The van der Waals surface area contributed by atoms with Crippen LogP contribution in [0.15, 0.2) is 112 Å². The molecule has 0 aliphatic carbocycles. The average Bonchev–Trinajstić information content (AvgIpc) is 3.48. The first kappa shape index (κ1) is 30.3. The minimum absolute atomic E-state index is 0.118. The molecular formula is C38H37N3O3. The molecule has 44 heavy (non-hydrogen) atoms. The van der Waals surface area contributed by atoms with Crippen molar-refractivity contribution in [2.24, 2.45) is 5.92 Å². The van der Waals surface area contributed by atoms with Crippen molar-refractivity contribution in [1.82, 2.24) is 10.2 Å². The van der Waals surface area contributed by atoms with Crippen LogP contribution in [0, 0.1) is 17.2 Å². The monoisotopic (exact) mass is 583 g/mol. The smallest absolute Gasteiger partial charge is 0.434 e. The first-order chi connectivity index (χ1) is 21.3. The van der Waals surface area contributed by atoms with Crippen molar-refractivity contribution < 1.29 is 9.15 Å². The van der Waals surface area contributed by atoms with Crippen LogP contribution in [0.5, 0.6) is 5.75 Å². The SMILES string of the molecule is CC(C)(C)c1ccc(COc2ccccc2/C=C/C(CCc2ccc(C#N)cc2)Cc2ccc(-c3n[nH]c(=O)o3)cc2)cc1. The largest absolute Gasteiger partial charge is 0.488 e. The van der Waals surface area contributed by atoms with Gasteiger partial charge in [-0.2, -0.15) is 5.26 Å². The Balaban J connectivity index is 1.31. The summed E-state index contributed by atoms with van der Waals surface area (Å²) in [6.07, 6.45) is 7.08. The standard InChI is InChI=1S/C38H37N3O3/c1-38(2,3)34-22-17-31(18-23-34)26-43-35-7-5-4-6-32(35)19-14-28(11-8-27-9-12-30(25-39)13-10-27)24-29-15-20-33(21-16-29)36-40-41-37(42)44-36/h4-7,9-10,12-23,28H,8,11,24,26H2,1-3H3,(H,41,42)/b19-14+. The van der Waals surface area contributed by atoms with E-state index in [1.807, 2.05) is 54.6 Å². The minimum Gasteiger partial charge on any atom is -0.488 e. The van der Waals surface area contributed by atoms with Crippen molar-refractivity contribution in [3.8, 4) is 23.3 Å². The van der Waals surface area contributed by atoms with Crippen molar-refractivity contribution in [3.05, 3.63) is 147 Å². The highest BCUT2D eigenvalue weighted by atomic mass is 16.5. The molecule has 0 aliphatic rings. The molecular weight excluding hydrogens is 546 g/mol. The van der Waals surface area contributed by atoms with Gasteiger partial charge in [0.15, 0.2) is 0 Å². The number of allylic oxidation sites excluding steroid dienone is 1. The minimum atomic E-state index is -0.570. The number of para-hydroxylation sites is 1. The number of aromatic amines is 1. The van der Waals surface area contributed by atoms with Gasteiger partial charge in [-0.3, -0.25) is 0 Å². The lowest BCUT2D eigenvalue weighted by Gasteiger charge is -2.19. The molecule has 5 aromatic rings. The fourth-order valence-electron chi connectivity index (χ4n) is 5.06. The van der Waals surface area contributed by atoms with Crippen LogP contribution in [-0.2, 0) is 24.9 Å². The number of rotatable bonds is 11. The number of hydrogen-bond acceptors (Lipinski definition) is 5. The molecule has 0 fully saturated rings. The molecule has 4 aromatic carbocycles. The molecule has 1 N–H and O–H groups in total. The van der Waals surface area contributed by atoms with Gasteiger partial charge in [0.1, 0.15) is 12.4 Å². The lowest BCUT2D eigenvalue weighted by Crippen LogP contribution is -2.10. The average molecular weight is 584 g/mol. The molecule has 1 aromatic heterocycles. The van der Waals surface area contributed by atoms with E-state index in [4.69, 9.17) is 14.4 Å². The maximum Gasteiger partial charge on any atom is 0.434 e. The van der Waals surface area contributed by atoms with Crippen molar-refractivity contribution >= 4 is 6.08 Å². The second-order valence-electron chi connectivity index (χ2n) is 12.1. The third-order valence-electron chi connectivity index (χ3n) is 7.70. The van der Waals surface area contributed by atoms with Gasteiger partial charge in [0, 0.05) is 11.1 Å². The zero-order chi connectivity index (χ0) is 30.9. The van der Waals surface area contributed by atoms with E-state index in [9.17, 15) is 4.79 Å². The summed E-state index contributed by atoms with van der Waals surface area (Å²) in [6.45, 7) is 7.15. The zero-order valence-electron chi connectivity index (χ0n) is 25.4. The second-order valence-corrected chi connectivity index (χ2v) is 12.1. The van der Waals surface area contributed by atoms with Crippen LogP contribution in [0.25, 0.3) is 17.5 Å². The third kappa shape index (κ3) is 8.23. The molecule has 1 atom stereocenters. The molecule has 1 unspecified atom stereocenters. The Morgan fingerprint density at radius 3 is 2.25 bits per heavy atom. The van der Waals surface area contributed by atoms with Gasteiger partial charge in [-0.1, -0.05) is 99.7 Å². The maximum absolute atomic E-state index is 11.4. The van der Waals surface area contributed by atoms with Crippen LogP contribution in [0.4, 0.5) is 0 Å². The molecule has 1 heterocycles. The van der Waals surface area contributed by atoms with Gasteiger partial charge in [-0.15, -0.1) is 5.10 Å². The molecule has 0 saturated heterocycles. The molecule has 0 spiro atoms. The van der Waals surface area contributed by atoms with E-state index in [2.05, 4.69) is 91.7 Å². The van der Waals surface area contributed by atoms with Crippen LogP contribution in [0.3, 0.4) is 0 Å². The van der Waals surface area contributed by atoms with Gasteiger partial charge in [-0.25, -0.2) is 9.89 Å². The number of benzene rings is 4. The van der Waals surface area contributed by atoms with Gasteiger partial charge >= 0.3 is 5.76 Å². The Morgan fingerprint density at radius 1 is 0.909 bits per heavy atom. The number of nitrogens with zero attached hydrogens (tertiary/aromatic N) is 2. The number of aryl methyl sites for hydroxylation is 1. The molecule has 0 bridgehead atoms. The summed E-state index contributed by atoms with van der Waals surface area (Å²) in [6, 6.07) is 34.7. The summed E-state index contributed by atoms with van der Waals surface area (Å²) in [4.78, 5) is 11.4. The number of H-pyrrole nitrogens is 1. The fraction of sp³-hybridized carbons (Fsp3) is 0.237. The first-order valence-electron chi connectivity index (χ1n) is 14.9. The summed E-state index contributed by atoms with van der Waals surface area (Å²) < 4.78 is 11.4. The summed E-state index contributed by atoms with van der Waals surface area (Å²) in [5.74, 6) is 0.803. The number of aromatic nitrogens is 2. The highest BCUT2D eigenvalue weighted by Crippen LogP contribution is 2.26. The Bertz CT molecular complexity index is 1780. The van der Waals surface area contributed by atoms with E-state index < -0.39 is 5.76 Å². The van der Waals surface area contributed by atoms with Crippen LogP contribution >= 0.6 is 0 Å². The lowest BCUT2D eigenvalue weighted by molar-refractivity contribution is 0.305. The second kappa shape index (κ2) is 13.9. The number of nitriles is 1. The number of nitrogens with one attached hydrogen (secondary N) is 1. The fourth-order valence-corrected chi connectivity index (χ4v) is 5.06. The van der Waals surface area contributed by atoms with Crippen molar-refractivity contribution in [3.63, 3.8) is 0 Å².